The number of benzene rings is 3. The van der Waals surface area contributed by atoms with Gasteiger partial charge in [0.1, 0.15) is 5.82 Å². The highest BCUT2D eigenvalue weighted by Gasteiger charge is 2.77. The molecule has 6 unspecified atom stereocenters. The summed E-state index contributed by atoms with van der Waals surface area (Å²) in [5.41, 5.74) is -4.48. The molecule has 2 heterocycles. The van der Waals surface area contributed by atoms with E-state index in [2.05, 4.69) is 0 Å². The van der Waals surface area contributed by atoms with Crippen LogP contribution in [0.1, 0.15) is 35.4 Å². The number of alkyl halides is 8. The first-order chi connectivity index (χ1) is 24.3. The summed E-state index contributed by atoms with van der Waals surface area (Å²) in [5.74, 6) is -11.3. The minimum absolute atomic E-state index is 0.0720. The largest absolute Gasteiger partial charge is 0.504 e. The number of carbonyl (C=O) groups is 4. The van der Waals surface area contributed by atoms with Gasteiger partial charge in [-0.05, 0) is 67.3 Å². The van der Waals surface area contributed by atoms with Gasteiger partial charge in [-0.1, -0.05) is 23.8 Å². The monoisotopic (exact) mass is 770 g/mol. The number of phenols is 1. The summed E-state index contributed by atoms with van der Waals surface area (Å²) in [6.07, 6.45) is -9.98. The van der Waals surface area contributed by atoms with Crippen LogP contribution in [0.25, 0.3) is 0 Å². The van der Waals surface area contributed by atoms with Crippen molar-refractivity contribution in [2.24, 2.45) is 17.8 Å². The van der Waals surface area contributed by atoms with E-state index in [9.17, 15) is 55.0 Å². The van der Waals surface area contributed by atoms with Crippen LogP contribution in [0.5, 0.6) is 11.5 Å². The molecule has 0 spiro atoms. The molecule has 0 radical (unpaired) electrons. The van der Waals surface area contributed by atoms with Crippen molar-refractivity contribution < 1.29 is 59.8 Å². The average molecular weight is 771 g/mol. The topological polar surface area (TPSA) is 104 Å². The summed E-state index contributed by atoms with van der Waals surface area (Å²) in [5, 5.41) is 11.4. The fourth-order valence-corrected chi connectivity index (χ4v) is 8.93. The lowest BCUT2D eigenvalue weighted by atomic mass is 9.56. The van der Waals surface area contributed by atoms with Crippen LogP contribution in [-0.2, 0) is 31.5 Å². The van der Waals surface area contributed by atoms with E-state index in [0.29, 0.717) is 4.90 Å². The predicted molar refractivity (Wildman–Crippen MR) is 170 cm³/mol. The Balaban J connectivity index is 1.40. The van der Waals surface area contributed by atoms with Crippen molar-refractivity contribution in [3.8, 4) is 11.5 Å². The van der Waals surface area contributed by atoms with E-state index < -0.39 is 104 Å². The van der Waals surface area contributed by atoms with Gasteiger partial charge in [-0.3, -0.25) is 19.2 Å². The Morgan fingerprint density at radius 2 is 1.42 bits per heavy atom. The quantitative estimate of drug-likeness (QED) is 0.129. The molecule has 8 nitrogen and oxygen atoms in total. The van der Waals surface area contributed by atoms with Crippen LogP contribution in [0.15, 0.2) is 72.3 Å². The van der Waals surface area contributed by atoms with E-state index in [1.54, 1.807) is 0 Å². The number of ether oxygens (including phenoxy) is 1. The summed E-state index contributed by atoms with van der Waals surface area (Å²) in [4.78, 5) is 52.9. The molecule has 1 N–H and O–H groups in total. The lowest BCUT2D eigenvalue weighted by Gasteiger charge is -2.50. The Hall–Kier alpha value is -4.63. The zero-order valence-electron chi connectivity index (χ0n) is 26.4. The van der Waals surface area contributed by atoms with Crippen molar-refractivity contribution in [3.63, 3.8) is 0 Å². The molecule has 272 valence electrons. The maximum atomic E-state index is 14.4. The number of para-hydroxylation sites is 1. The van der Waals surface area contributed by atoms with E-state index in [4.69, 9.17) is 27.9 Å². The van der Waals surface area contributed by atoms with Crippen LogP contribution in [-0.4, -0.2) is 45.6 Å². The molecular formula is C35H23Cl2F7N2O6. The summed E-state index contributed by atoms with van der Waals surface area (Å²) in [6.45, 7) is 0. The molecule has 17 heteroatoms. The molecule has 3 aromatic rings. The average Bonchev–Trinajstić information content (AvgIpc) is 3.42. The molecule has 6 atom stereocenters. The number of allylic oxidation sites excluding steroid dienone is 2. The first kappa shape index (κ1) is 35.8. The Morgan fingerprint density at radius 3 is 2.00 bits per heavy atom. The van der Waals surface area contributed by atoms with Gasteiger partial charge in [0.2, 0.25) is 11.8 Å². The number of nitrogens with zero attached hydrogens (tertiary/aromatic N) is 2. The van der Waals surface area contributed by atoms with E-state index in [-0.39, 0.29) is 52.1 Å². The highest BCUT2D eigenvalue weighted by Crippen LogP contribution is 2.67. The van der Waals surface area contributed by atoms with Crippen molar-refractivity contribution in [3.05, 3.63) is 94.8 Å². The van der Waals surface area contributed by atoms with Crippen molar-refractivity contribution >= 4 is 58.2 Å². The van der Waals surface area contributed by atoms with Crippen LogP contribution < -0.4 is 14.5 Å². The number of halogens is 9. The van der Waals surface area contributed by atoms with Gasteiger partial charge in [0.05, 0.1) is 41.4 Å². The zero-order valence-corrected chi connectivity index (χ0v) is 27.9. The fraction of sp³-hybridized carbons (Fsp3) is 0.314. The lowest BCUT2D eigenvalue weighted by molar-refractivity contribution is -0.143. The van der Waals surface area contributed by atoms with Gasteiger partial charge >= 0.3 is 12.4 Å². The third-order valence-corrected chi connectivity index (χ3v) is 11.7. The third kappa shape index (κ3) is 4.95. The molecule has 52 heavy (non-hydrogen) atoms. The zero-order chi connectivity index (χ0) is 37.9. The molecule has 0 aromatic heterocycles. The van der Waals surface area contributed by atoms with Crippen molar-refractivity contribution in [2.45, 2.75) is 40.9 Å². The van der Waals surface area contributed by atoms with Crippen LogP contribution in [0.4, 0.5) is 42.1 Å². The molecule has 4 amide bonds. The van der Waals surface area contributed by atoms with E-state index >= 15 is 0 Å². The number of carbonyl (C=O) groups excluding carboxylic acids is 4. The minimum Gasteiger partial charge on any atom is -0.504 e. The molecule has 1 saturated carbocycles. The molecule has 2 aliphatic carbocycles. The number of imide groups is 2. The maximum absolute atomic E-state index is 14.4. The minimum atomic E-state index is -5.28. The van der Waals surface area contributed by atoms with E-state index in [1.165, 1.54) is 31.4 Å². The molecule has 3 fully saturated rings. The summed E-state index contributed by atoms with van der Waals surface area (Å²) < 4.78 is 102. The SMILES string of the molecule is COc1cccc(C2C3=CCC4C(=O)N(c5cc(C(F)(F)F)cc(C(F)(F)F)c5)C(=O)C4C3CC3(Cl)C(=O)N(c4ccc(F)cc4)C(=O)C23Cl)c1O. The van der Waals surface area contributed by atoms with Gasteiger partial charge in [0, 0.05) is 11.5 Å². The molecule has 0 bridgehead atoms. The second-order valence-corrected chi connectivity index (χ2v) is 14.2. The summed E-state index contributed by atoms with van der Waals surface area (Å²) in [6, 6.07) is 8.80. The third-order valence-electron chi connectivity index (χ3n) is 10.3. The predicted octanol–water partition coefficient (Wildman–Crippen LogP) is 7.35. The first-order valence-corrected chi connectivity index (χ1v) is 16.3. The Bertz CT molecular complexity index is 2070. The molecule has 3 aromatic carbocycles. The van der Waals surface area contributed by atoms with Crippen molar-refractivity contribution in [1.82, 2.24) is 0 Å². The van der Waals surface area contributed by atoms with Gasteiger partial charge < -0.3 is 9.84 Å². The number of phenolic OH excluding ortho intramolecular Hbond substituents is 1. The number of amides is 4. The van der Waals surface area contributed by atoms with Gasteiger partial charge in [-0.25, -0.2) is 14.2 Å². The van der Waals surface area contributed by atoms with Crippen molar-refractivity contribution in [1.29, 1.82) is 0 Å². The second kappa shape index (κ2) is 11.7. The number of rotatable bonds is 4. The van der Waals surface area contributed by atoms with Crippen LogP contribution in [0.3, 0.4) is 0 Å². The van der Waals surface area contributed by atoms with E-state index in [1.807, 2.05) is 0 Å². The number of anilines is 2. The first-order valence-electron chi connectivity index (χ1n) is 15.5. The fourth-order valence-electron chi connectivity index (χ4n) is 8.00. The van der Waals surface area contributed by atoms with Gasteiger partial charge in [-0.15, -0.1) is 23.2 Å². The molecule has 2 saturated heterocycles. The Kier molecular flexibility index (Phi) is 8.04. The molecule has 2 aliphatic heterocycles. The number of aromatic hydroxyl groups is 1. The maximum Gasteiger partial charge on any atom is 0.416 e. The molecule has 7 rings (SSSR count). The summed E-state index contributed by atoms with van der Waals surface area (Å²) in [7, 11) is 1.24. The molecule has 4 aliphatic rings. The number of hydrogen-bond donors (Lipinski definition) is 1. The van der Waals surface area contributed by atoms with Gasteiger partial charge in [0.15, 0.2) is 21.2 Å². The van der Waals surface area contributed by atoms with Crippen LogP contribution in [0, 0.1) is 23.6 Å². The van der Waals surface area contributed by atoms with E-state index in [0.717, 1.165) is 24.3 Å². The highest BCUT2D eigenvalue weighted by molar-refractivity contribution is 6.58. The summed E-state index contributed by atoms with van der Waals surface area (Å²) >= 11 is 14.5. The molecular weight excluding hydrogens is 748 g/mol. The van der Waals surface area contributed by atoms with Crippen LogP contribution >= 0.6 is 23.2 Å². The smallest absolute Gasteiger partial charge is 0.416 e. The highest BCUT2D eigenvalue weighted by atomic mass is 35.5. The van der Waals surface area contributed by atoms with Crippen molar-refractivity contribution in [2.75, 3.05) is 16.9 Å². The Morgan fingerprint density at radius 1 is 0.808 bits per heavy atom. The normalized spacial score (nSPS) is 28.8. The lowest BCUT2D eigenvalue weighted by Crippen LogP contribution is -2.60. The van der Waals surface area contributed by atoms with Gasteiger partial charge in [0.25, 0.3) is 11.8 Å². The number of fused-ring (bicyclic) bond motifs is 4. The number of hydrogen-bond acceptors (Lipinski definition) is 6. The van der Waals surface area contributed by atoms with Crippen LogP contribution in [0.2, 0.25) is 0 Å². The Labute approximate surface area is 299 Å². The standard InChI is InChI=1S/C35H23Cl2F7N2O6/c1-52-24-4-2-3-22(27(24)47)26-20-9-10-21-25(29(49)45(28(21)48)19-12-15(34(39,40)41)11-16(13-19)35(42,43)44)23(20)14-32(36)30(50)46(31(51)33(26,32)37)18-7-5-17(38)6-8-18/h2-9,11-13,21,23,25-26,47H,10,14H2,1H3. The second-order valence-electron chi connectivity index (χ2n) is 12.9. The number of methoxy groups -OCH3 is 1. The van der Waals surface area contributed by atoms with Gasteiger partial charge in [-0.2, -0.15) is 26.3 Å².